The number of benzene rings is 2. The van der Waals surface area contributed by atoms with Crippen LogP contribution in [0.3, 0.4) is 0 Å². The van der Waals surface area contributed by atoms with E-state index in [0.717, 1.165) is 17.7 Å². The summed E-state index contributed by atoms with van der Waals surface area (Å²) in [6.45, 7) is 2.92. The molecule has 5 nitrogen and oxygen atoms in total. The molecule has 1 aliphatic heterocycles. The highest BCUT2D eigenvalue weighted by Gasteiger charge is 2.26. The number of rotatable bonds is 6. The summed E-state index contributed by atoms with van der Waals surface area (Å²) in [5.41, 5.74) is 0.749. The summed E-state index contributed by atoms with van der Waals surface area (Å²) in [7, 11) is -4.23. The van der Waals surface area contributed by atoms with Crippen molar-refractivity contribution >= 4 is 10.0 Å². The molecule has 1 atom stereocenters. The maximum atomic E-state index is 14.0. The molecule has 0 amide bonds. The lowest BCUT2D eigenvalue weighted by Gasteiger charge is -2.31. The van der Waals surface area contributed by atoms with E-state index in [-0.39, 0.29) is 0 Å². The van der Waals surface area contributed by atoms with E-state index in [9.17, 15) is 17.2 Å². The molecule has 0 bridgehead atoms. The van der Waals surface area contributed by atoms with E-state index in [1.165, 1.54) is 0 Å². The molecule has 0 aliphatic carbocycles. The van der Waals surface area contributed by atoms with Crippen molar-refractivity contribution in [2.24, 2.45) is 0 Å². The van der Waals surface area contributed by atoms with Crippen LogP contribution < -0.4 is 4.72 Å². The van der Waals surface area contributed by atoms with Gasteiger partial charge in [-0.1, -0.05) is 30.3 Å². The molecular formula is C18H20F2N2O3S. The molecule has 0 radical (unpaired) electrons. The van der Waals surface area contributed by atoms with Crippen molar-refractivity contribution in [2.45, 2.75) is 10.9 Å². The van der Waals surface area contributed by atoms with Gasteiger partial charge in [-0.25, -0.2) is 21.9 Å². The number of hydrogen-bond acceptors (Lipinski definition) is 4. The SMILES string of the molecule is O=S(=O)(N[C@H](CN1CCOCC1)c1ccccc1)c1cc(F)ccc1F. The average molecular weight is 382 g/mol. The standard InChI is InChI=1S/C18H20F2N2O3S/c19-15-6-7-16(20)18(12-15)26(23,24)21-17(14-4-2-1-3-5-14)13-22-8-10-25-11-9-22/h1-7,12,17,21H,8-11,13H2/t17-/m1/s1. The van der Waals surface area contributed by atoms with Crippen molar-refractivity contribution in [3.8, 4) is 0 Å². The van der Waals surface area contributed by atoms with Gasteiger partial charge < -0.3 is 4.74 Å². The number of ether oxygens (including phenoxy) is 1. The van der Waals surface area contributed by atoms with Crippen LogP contribution in [0.4, 0.5) is 8.78 Å². The summed E-state index contributed by atoms with van der Waals surface area (Å²) in [5.74, 6) is -1.80. The van der Waals surface area contributed by atoms with E-state index in [0.29, 0.717) is 38.9 Å². The first-order valence-corrected chi connectivity index (χ1v) is 9.76. The molecule has 0 spiro atoms. The Bertz CT molecular complexity index is 841. The minimum atomic E-state index is -4.23. The van der Waals surface area contributed by atoms with Gasteiger partial charge in [0.25, 0.3) is 0 Å². The molecule has 1 aliphatic rings. The number of hydrogen-bond donors (Lipinski definition) is 1. The monoisotopic (exact) mass is 382 g/mol. The second-order valence-corrected chi connectivity index (χ2v) is 7.75. The highest BCUT2D eigenvalue weighted by molar-refractivity contribution is 7.89. The molecule has 2 aromatic rings. The molecule has 1 fully saturated rings. The van der Waals surface area contributed by atoms with E-state index in [1.54, 1.807) is 24.3 Å². The van der Waals surface area contributed by atoms with Gasteiger partial charge >= 0.3 is 0 Å². The number of morpholine rings is 1. The first-order valence-electron chi connectivity index (χ1n) is 8.28. The van der Waals surface area contributed by atoms with E-state index in [1.807, 2.05) is 6.07 Å². The first kappa shape index (κ1) is 18.9. The quantitative estimate of drug-likeness (QED) is 0.833. The van der Waals surface area contributed by atoms with Crippen LogP contribution in [0.5, 0.6) is 0 Å². The maximum Gasteiger partial charge on any atom is 0.244 e. The number of sulfonamides is 1. The topological polar surface area (TPSA) is 58.6 Å². The Kier molecular flexibility index (Phi) is 5.98. The van der Waals surface area contributed by atoms with Gasteiger partial charge in [0.15, 0.2) is 0 Å². The predicted octanol–water partition coefficient (Wildman–Crippen LogP) is 2.32. The molecule has 8 heteroatoms. The molecule has 140 valence electrons. The molecule has 2 aromatic carbocycles. The fraction of sp³-hybridized carbons (Fsp3) is 0.333. The molecule has 26 heavy (non-hydrogen) atoms. The van der Waals surface area contributed by atoms with Crippen LogP contribution in [0.2, 0.25) is 0 Å². The van der Waals surface area contributed by atoms with Crippen LogP contribution in [0.1, 0.15) is 11.6 Å². The molecule has 0 unspecified atom stereocenters. The summed E-state index contributed by atoms with van der Waals surface area (Å²) in [6.07, 6.45) is 0. The average Bonchev–Trinajstić information content (AvgIpc) is 2.64. The third-order valence-corrected chi connectivity index (χ3v) is 5.71. The van der Waals surface area contributed by atoms with Gasteiger partial charge in [0, 0.05) is 19.6 Å². The number of nitrogens with zero attached hydrogens (tertiary/aromatic N) is 1. The van der Waals surface area contributed by atoms with Gasteiger partial charge in [-0.3, -0.25) is 4.90 Å². The van der Waals surface area contributed by atoms with Crippen LogP contribution in [-0.2, 0) is 14.8 Å². The van der Waals surface area contributed by atoms with Crippen molar-refractivity contribution in [3.05, 3.63) is 65.7 Å². The molecule has 3 rings (SSSR count). The van der Waals surface area contributed by atoms with Gasteiger partial charge in [-0.15, -0.1) is 0 Å². The molecule has 1 saturated heterocycles. The van der Waals surface area contributed by atoms with Crippen molar-refractivity contribution in [3.63, 3.8) is 0 Å². The normalized spacial score (nSPS) is 17.2. The molecule has 0 saturated carbocycles. The van der Waals surface area contributed by atoms with Crippen molar-refractivity contribution in [1.82, 2.24) is 9.62 Å². The fourth-order valence-corrected chi connectivity index (χ4v) is 4.18. The van der Waals surface area contributed by atoms with E-state index in [2.05, 4.69) is 9.62 Å². The van der Waals surface area contributed by atoms with Crippen LogP contribution >= 0.6 is 0 Å². The van der Waals surface area contributed by atoms with E-state index in [4.69, 9.17) is 4.74 Å². The van der Waals surface area contributed by atoms with E-state index < -0.39 is 32.6 Å². The minimum Gasteiger partial charge on any atom is -0.379 e. The summed E-state index contributed by atoms with van der Waals surface area (Å²) in [6, 6.07) is 10.8. The second kappa shape index (κ2) is 8.22. The zero-order chi connectivity index (χ0) is 18.6. The largest absolute Gasteiger partial charge is 0.379 e. The highest BCUT2D eigenvalue weighted by Crippen LogP contribution is 2.21. The Balaban J connectivity index is 1.87. The molecule has 0 aromatic heterocycles. The zero-order valence-electron chi connectivity index (χ0n) is 14.1. The fourth-order valence-electron chi connectivity index (χ4n) is 2.87. The van der Waals surface area contributed by atoms with Gasteiger partial charge in [-0.2, -0.15) is 0 Å². The summed E-state index contributed by atoms with van der Waals surface area (Å²) in [5, 5.41) is 0. The first-order chi connectivity index (χ1) is 12.5. The predicted molar refractivity (Wildman–Crippen MR) is 93.1 cm³/mol. The summed E-state index contributed by atoms with van der Waals surface area (Å²) < 4.78 is 60.6. The van der Waals surface area contributed by atoms with Crippen LogP contribution in [0, 0.1) is 11.6 Å². The summed E-state index contributed by atoms with van der Waals surface area (Å²) >= 11 is 0. The Labute approximate surface area is 151 Å². The minimum absolute atomic E-state index is 0.406. The maximum absolute atomic E-state index is 14.0. The Morgan fingerprint density at radius 1 is 1.08 bits per heavy atom. The Hall–Kier alpha value is -1.87. The van der Waals surface area contributed by atoms with Crippen molar-refractivity contribution in [1.29, 1.82) is 0 Å². The second-order valence-electron chi connectivity index (χ2n) is 6.07. The third kappa shape index (κ3) is 4.64. The van der Waals surface area contributed by atoms with Gasteiger partial charge in [-0.05, 0) is 23.8 Å². The number of halogens is 2. The zero-order valence-corrected chi connectivity index (χ0v) is 14.9. The van der Waals surface area contributed by atoms with E-state index >= 15 is 0 Å². The van der Waals surface area contributed by atoms with Crippen LogP contribution in [0.25, 0.3) is 0 Å². The number of nitrogens with one attached hydrogen (secondary N) is 1. The van der Waals surface area contributed by atoms with Crippen LogP contribution in [-0.4, -0.2) is 46.2 Å². The summed E-state index contributed by atoms with van der Waals surface area (Å²) in [4.78, 5) is 1.38. The smallest absolute Gasteiger partial charge is 0.244 e. The lowest BCUT2D eigenvalue weighted by atomic mass is 10.1. The lowest BCUT2D eigenvalue weighted by Crippen LogP contribution is -2.43. The molecule has 1 heterocycles. The molecule has 1 N–H and O–H groups in total. The van der Waals surface area contributed by atoms with Crippen molar-refractivity contribution < 1.29 is 21.9 Å². The Morgan fingerprint density at radius 2 is 1.77 bits per heavy atom. The van der Waals surface area contributed by atoms with Crippen molar-refractivity contribution in [2.75, 3.05) is 32.8 Å². The van der Waals surface area contributed by atoms with Crippen LogP contribution in [0.15, 0.2) is 53.4 Å². The lowest BCUT2D eigenvalue weighted by molar-refractivity contribution is 0.0345. The highest BCUT2D eigenvalue weighted by atomic mass is 32.2. The van der Waals surface area contributed by atoms with Gasteiger partial charge in [0.05, 0.1) is 19.3 Å². The molecular weight excluding hydrogens is 362 g/mol. The third-order valence-electron chi connectivity index (χ3n) is 4.23. The van der Waals surface area contributed by atoms with Gasteiger partial charge in [0.1, 0.15) is 16.5 Å². The Morgan fingerprint density at radius 3 is 2.46 bits per heavy atom. The van der Waals surface area contributed by atoms with Gasteiger partial charge in [0.2, 0.25) is 10.0 Å².